The third-order valence-electron chi connectivity index (χ3n) is 6.19. The first-order valence-corrected chi connectivity index (χ1v) is 11.3. The molecule has 0 aliphatic rings. The van der Waals surface area contributed by atoms with Crippen molar-refractivity contribution in [2.24, 2.45) is 0 Å². The van der Waals surface area contributed by atoms with Gasteiger partial charge in [-0.25, -0.2) is 4.68 Å². The molecular formula is C26H30N4O2. The Balaban J connectivity index is 1.81. The molecule has 0 aliphatic heterocycles. The number of nitrogens with one attached hydrogen (secondary N) is 1. The topological polar surface area (TPSA) is 68.4 Å². The van der Waals surface area contributed by atoms with Crippen LogP contribution in [0.3, 0.4) is 0 Å². The van der Waals surface area contributed by atoms with Crippen molar-refractivity contribution >= 4 is 28.0 Å². The van der Waals surface area contributed by atoms with Crippen LogP contribution in [0, 0.1) is 13.8 Å². The van der Waals surface area contributed by atoms with E-state index in [9.17, 15) is 9.59 Å². The maximum Gasteiger partial charge on any atom is 0.291 e. The number of nitrogens with zero attached hydrogens (tertiary/aromatic N) is 3. The third kappa shape index (κ3) is 3.60. The second kappa shape index (κ2) is 8.61. The highest BCUT2D eigenvalue weighted by Crippen LogP contribution is 2.25. The highest BCUT2D eigenvalue weighted by molar-refractivity contribution is 5.95. The van der Waals surface area contributed by atoms with Gasteiger partial charge in [-0.3, -0.25) is 14.0 Å². The summed E-state index contributed by atoms with van der Waals surface area (Å²) >= 11 is 0. The van der Waals surface area contributed by atoms with Crippen molar-refractivity contribution in [3.8, 4) is 0 Å². The lowest BCUT2D eigenvalue weighted by Crippen LogP contribution is -2.36. The molecule has 0 saturated carbocycles. The first-order valence-electron chi connectivity index (χ1n) is 11.3. The third-order valence-corrected chi connectivity index (χ3v) is 6.19. The van der Waals surface area contributed by atoms with Crippen molar-refractivity contribution in [2.45, 2.75) is 59.9 Å². The Labute approximate surface area is 187 Å². The van der Waals surface area contributed by atoms with Crippen LogP contribution in [0.2, 0.25) is 0 Å². The minimum absolute atomic E-state index is 0.214. The van der Waals surface area contributed by atoms with E-state index in [4.69, 9.17) is 0 Å². The molecule has 0 spiro atoms. The Bertz CT molecular complexity index is 1360. The van der Waals surface area contributed by atoms with Crippen molar-refractivity contribution < 1.29 is 4.79 Å². The Hall–Kier alpha value is -3.41. The smallest absolute Gasteiger partial charge is 0.291 e. The Kier molecular flexibility index (Phi) is 5.87. The SMILES string of the molecule is CCc1cccc(CC)c1NC(=O)[C@H](CC)n1nc(C)n2c(cc3cc(C)ccc32)c1=O. The van der Waals surface area contributed by atoms with Gasteiger partial charge in [-0.05, 0) is 62.4 Å². The summed E-state index contributed by atoms with van der Waals surface area (Å²) in [5, 5.41) is 8.68. The summed E-state index contributed by atoms with van der Waals surface area (Å²) in [6.07, 6.45) is 2.10. The fraction of sp³-hybridized carbons (Fsp3) is 0.346. The van der Waals surface area contributed by atoms with E-state index in [1.165, 1.54) is 4.68 Å². The molecule has 4 rings (SSSR count). The molecule has 0 radical (unpaired) electrons. The maximum absolute atomic E-state index is 13.4. The number of carbonyl (C=O) groups is 1. The summed E-state index contributed by atoms with van der Waals surface area (Å²) in [7, 11) is 0. The molecular weight excluding hydrogens is 400 g/mol. The molecule has 0 aliphatic carbocycles. The first-order chi connectivity index (χ1) is 15.4. The summed E-state index contributed by atoms with van der Waals surface area (Å²) < 4.78 is 3.23. The van der Waals surface area contributed by atoms with Gasteiger partial charge in [0.15, 0.2) is 0 Å². The second-order valence-electron chi connectivity index (χ2n) is 8.30. The van der Waals surface area contributed by atoms with Crippen LogP contribution >= 0.6 is 0 Å². The second-order valence-corrected chi connectivity index (χ2v) is 8.30. The van der Waals surface area contributed by atoms with Gasteiger partial charge in [0.1, 0.15) is 17.4 Å². The minimum atomic E-state index is -0.694. The average molecular weight is 431 g/mol. The van der Waals surface area contributed by atoms with Gasteiger partial charge in [0.05, 0.1) is 5.52 Å². The number of amides is 1. The summed E-state index contributed by atoms with van der Waals surface area (Å²) in [6, 6.07) is 13.4. The molecule has 32 heavy (non-hydrogen) atoms. The van der Waals surface area contributed by atoms with Gasteiger partial charge in [0.25, 0.3) is 5.56 Å². The summed E-state index contributed by atoms with van der Waals surface area (Å²) in [4.78, 5) is 26.8. The molecule has 0 saturated heterocycles. The van der Waals surface area contributed by atoms with E-state index >= 15 is 0 Å². The molecule has 0 fully saturated rings. The van der Waals surface area contributed by atoms with Crippen LogP contribution in [0.25, 0.3) is 16.4 Å². The molecule has 2 heterocycles. The molecule has 166 valence electrons. The normalized spacial score (nSPS) is 12.4. The lowest BCUT2D eigenvalue weighted by molar-refractivity contribution is -0.119. The van der Waals surface area contributed by atoms with Crippen molar-refractivity contribution in [2.75, 3.05) is 5.32 Å². The summed E-state index contributed by atoms with van der Waals surface area (Å²) in [5.41, 5.74) is 5.39. The van der Waals surface area contributed by atoms with Gasteiger partial charge >= 0.3 is 0 Å². The largest absolute Gasteiger partial charge is 0.324 e. The van der Waals surface area contributed by atoms with Gasteiger partial charge in [0, 0.05) is 11.1 Å². The molecule has 1 amide bonds. The standard InChI is InChI=1S/C26H30N4O2/c1-6-18-10-9-11-19(7-2)24(18)27-25(31)21(8-3)30-26(32)23-15-20-14-16(4)12-13-22(20)29(23)17(5)28-30/h9-15,21H,6-8H2,1-5H3,(H,27,31)/t21-/m0/s1. The average Bonchev–Trinajstić information content (AvgIpc) is 3.17. The van der Waals surface area contributed by atoms with Crippen LogP contribution in [-0.4, -0.2) is 20.1 Å². The number of aromatic nitrogens is 3. The minimum Gasteiger partial charge on any atom is -0.324 e. The predicted octanol–water partition coefficient (Wildman–Crippen LogP) is 4.98. The zero-order valence-electron chi connectivity index (χ0n) is 19.4. The van der Waals surface area contributed by atoms with E-state index in [1.54, 1.807) is 0 Å². The number of hydrogen-bond acceptors (Lipinski definition) is 3. The molecule has 6 heteroatoms. The number of fused-ring (bicyclic) bond motifs is 3. The van der Waals surface area contributed by atoms with Gasteiger partial charge < -0.3 is 5.32 Å². The number of rotatable bonds is 6. The van der Waals surface area contributed by atoms with Gasteiger partial charge in [-0.2, -0.15) is 5.10 Å². The van der Waals surface area contributed by atoms with Gasteiger partial charge in [-0.15, -0.1) is 0 Å². The molecule has 2 aromatic carbocycles. The number of carbonyl (C=O) groups excluding carboxylic acids is 1. The monoisotopic (exact) mass is 430 g/mol. The van der Waals surface area contributed by atoms with Crippen molar-refractivity contribution in [1.82, 2.24) is 14.2 Å². The quantitative estimate of drug-likeness (QED) is 0.469. The van der Waals surface area contributed by atoms with E-state index in [0.29, 0.717) is 17.8 Å². The van der Waals surface area contributed by atoms with Crippen molar-refractivity contribution in [3.63, 3.8) is 0 Å². The fourth-order valence-corrected chi connectivity index (χ4v) is 4.49. The Morgan fingerprint density at radius 3 is 2.31 bits per heavy atom. The van der Waals surface area contributed by atoms with Crippen LogP contribution in [0.1, 0.15) is 55.7 Å². The molecule has 1 N–H and O–H groups in total. The highest BCUT2D eigenvalue weighted by atomic mass is 16.2. The van der Waals surface area contributed by atoms with Crippen LogP contribution in [-0.2, 0) is 17.6 Å². The van der Waals surface area contributed by atoms with Gasteiger partial charge in [0.2, 0.25) is 5.91 Å². The maximum atomic E-state index is 13.4. The fourth-order valence-electron chi connectivity index (χ4n) is 4.49. The van der Waals surface area contributed by atoms with E-state index in [2.05, 4.69) is 30.3 Å². The van der Waals surface area contributed by atoms with Crippen molar-refractivity contribution in [1.29, 1.82) is 0 Å². The van der Waals surface area contributed by atoms with E-state index in [-0.39, 0.29) is 11.5 Å². The molecule has 4 aromatic rings. The molecule has 2 aromatic heterocycles. The lowest BCUT2D eigenvalue weighted by atomic mass is 10.0. The summed E-state index contributed by atoms with van der Waals surface area (Å²) in [6.45, 7) is 9.95. The van der Waals surface area contributed by atoms with E-state index in [0.717, 1.165) is 46.1 Å². The lowest BCUT2D eigenvalue weighted by Gasteiger charge is -2.20. The zero-order chi connectivity index (χ0) is 23.0. The zero-order valence-corrected chi connectivity index (χ0v) is 19.4. The van der Waals surface area contributed by atoms with Crippen LogP contribution in [0.5, 0.6) is 0 Å². The predicted molar refractivity (Wildman–Crippen MR) is 130 cm³/mol. The molecule has 1 atom stereocenters. The highest BCUT2D eigenvalue weighted by Gasteiger charge is 2.25. The Morgan fingerprint density at radius 2 is 1.69 bits per heavy atom. The van der Waals surface area contributed by atoms with Crippen molar-refractivity contribution in [3.05, 3.63) is 75.3 Å². The molecule has 6 nitrogen and oxygen atoms in total. The first kappa shape index (κ1) is 21.8. The summed E-state index contributed by atoms with van der Waals surface area (Å²) in [5.74, 6) is 0.460. The number of benzene rings is 2. The van der Waals surface area contributed by atoms with E-state index in [1.807, 2.05) is 61.6 Å². The van der Waals surface area contributed by atoms with Crippen LogP contribution < -0.4 is 10.9 Å². The Morgan fingerprint density at radius 1 is 1.00 bits per heavy atom. The number of hydrogen-bond donors (Lipinski definition) is 1. The van der Waals surface area contributed by atoms with Crippen LogP contribution in [0.15, 0.2) is 47.3 Å². The number of anilines is 1. The van der Waals surface area contributed by atoms with Gasteiger partial charge in [-0.1, -0.05) is 50.6 Å². The number of para-hydroxylation sites is 1. The molecule has 0 bridgehead atoms. The molecule has 0 unspecified atom stereocenters. The van der Waals surface area contributed by atoms with Crippen LogP contribution in [0.4, 0.5) is 5.69 Å². The number of aryl methyl sites for hydroxylation is 4. The van der Waals surface area contributed by atoms with E-state index < -0.39 is 6.04 Å².